The van der Waals surface area contributed by atoms with Gasteiger partial charge in [0.2, 0.25) is 0 Å². The Balaban J connectivity index is 1.76. The lowest BCUT2D eigenvalue weighted by molar-refractivity contribution is 0.0923. The van der Waals surface area contributed by atoms with Crippen molar-refractivity contribution in [3.63, 3.8) is 0 Å². The number of ketones is 2. The molecule has 1 aliphatic rings. The lowest BCUT2D eigenvalue weighted by Gasteiger charge is -2.07. The first kappa shape index (κ1) is 14.8. The molecule has 108 valence electrons. The van der Waals surface area contributed by atoms with Crippen LogP contribution < -0.4 is 4.74 Å². The maximum absolute atomic E-state index is 11.6. The van der Waals surface area contributed by atoms with Crippen LogP contribution in [-0.4, -0.2) is 18.2 Å². The maximum atomic E-state index is 11.6. The van der Waals surface area contributed by atoms with Crippen LogP contribution in [0.15, 0.2) is 18.2 Å². The first-order chi connectivity index (χ1) is 9.72. The van der Waals surface area contributed by atoms with Crippen molar-refractivity contribution in [2.24, 2.45) is 0 Å². The molecule has 0 spiro atoms. The molecule has 3 nitrogen and oxygen atoms in total. The van der Waals surface area contributed by atoms with E-state index >= 15 is 0 Å². The molecule has 1 aliphatic carbocycles. The molecular weight excluding hydrogens is 252 g/mol. The number of hydrogen-bond acceptors (Lipinski definition) is 3. The lowest BCUT2D eigenvalue weighted by atomic mass is 10.1. The standard InChI is InChI=1S/C17H22O3/c1-2-3-4-5-6-7-10-20-13-8-9-14-15(11-13)17(19)12-16(14)18/h8-9,11H,2-7,10,12H2,1H3. The third kappa shape index (κ3) is 3.69. The molecule has 0 saturated heterocycles. The van der Waals surface area contributed by atoms with Gasteiger partial charge in [-0.2, -0.15) is 0 Å². The second-order valence-electron chi connectivity index (χ2n) is 5.35. The minimum Gasteiger partial charge on any atom is -0.494 e. The van der Waals surface area contributed by atoms with Crippen LogP contribution in [0.4, 0.5) is 0 Å². The van der Waals surface area contributed by atoms with Gasteiger partial charge in [0, 0.05) is 11.1 Å². The molecule has 0 atom stereocenters. The Hall–Kier alpha value is -1.64. The zero-order valence-corrected chi connectivity index (χ0v) is 12.1. The molecule has 20 heavy (non-hydrogen) atoms. The summed E-state index contributed by atoms with van der Waals surface area (Å²) < 4.78 is 5.66. The Morgan fingerprint density at radius 2 is 1.65 bits per heavy atom. The Labute approximate surface area is 120 Å². The van der Waals surface area contributed by atoms with Gasteiger partial charge in [0.15, 0.2) is 11.6 Å². The van der Waals surface area contributed by atoms with Gasteiger partial charge in [0.05, 0.1) is 13.0 Å². The van der Waals surface area contributed by atoms with Gasteiger partial charge in [-0.15, -0.1) is 0 Å². The molecule has 1 aromatic rings. The number of fused-ring (bicyclic) bond motifs is 1. The van der Waals surface area contributed by atoms with E-state index in [0.717, 1.165) is 6.42 Å². The van der Waals surface area contributed by atoms with Crippen molar-refractivity contribution in [2.45, 2.75) is 51.9 Å². The highest BCUT2D eigenvalue weighted by atomic mass is 16.5. The summed E-state index contributed by atoms with van der Waals surface area (Å²) in [5.74, 6) is 0.530. The topological polar surface area (TPSA) is 43.4 Å². The minimum atomic E-state index is -0.0879. The number of carbonyl (C=O) groups excluding carboxylic acids is 2. The third-order valence-corrected chi connectivity index (χ3v) is 3.68. The Kier molecular flexibility index (Phi) is 5.33. The first-order valence-corrected chi connectivity index (χ1v) is 7.55. The number of hydrogen-bond donors (Lipinski definition) is 0. The van der Waals surface area contributed by atoms with Crippen molar-refractivity contribution in [3.8, 4) is 5.75 Å². The highest BCUT2D eigenvalue weighted by Crippen LogP contribution is 2.26. The zero-order valence-electron chi connectivity index (χ0n) is 12.1. The second-order valence-corrected chi connectivity index (χ2v) is 5.35. The third-order valence-electron chi connectivity index (χ3n) is 3.68. The largest absolute Gasteiger partial charge is 0.494 e. The normalized spacial score (nSPS) is 13.7. The number of unbranched alkanes of at least 4 members (excludes halogenated alkanes) is 5. The average molecular weight is 274 g/mol. The van der Waals surface area contributed by atoms with E-state index < -0.39 is 0 Å². The number of ether oxygens (including phenoxy) is 1. The predicted octanol–water partition coefficient (Wildman–Crippen LogP) is 4.20. The van der Waals surface area contributed by atoms with E-state index in [1.165, 1.54) is 32.1 Å². The molecule has 0 N–H and O–H groups in total. The van der Waals surface area contributed by atoms with E-state index in [4.69, 9.17) is 4.74 Å². The number of carbonyl (C=O) groups is 2. The van der Waals surface area contributed by atoms with Gasteiger partial charge in [-0.05, 0) is 24.6 Å². The van der Waals surface area contributed by atoms with Crippen molar-refractivity contribution >= 4 is 11.6 Å². The van der Waals surface area contributed by atoms with Crippen LogP contribution in [0.2, 0.25) is 0 Å². The molecule has 0 unspecified atom stereocenters. The van der Waals surface area contributed by atoms with Crippen molar-refractivity contribution in [1.82, 2.24) is 0 Å². The van der Waals surface area contributed by atoms with Gasteiger partial charge in [0.1, 0.15) is 5.75 Å². The summed E-state index contributed by atoms with van der Waals surface area (Å²) in [5, 5.41) is 0. The summed E-state index contributed by atoms with van der Waals surface area (Å²) in [6.45, 7) is 2.88. The fourth-order valence-electron chi connectivity index (χ4n) is 2.50. The van der Waals surface area contributed by atoms with Crippen LogP contribution >= 0.6 is 0 Å². The number of Topliss-reactive ketones (excluding diaryl/α,β-unsaturated/α-hetero) is 2. The smallest absolute Gasteiger partial charge is 0.171 e. The molecule has 0 fully saturated rings. The van der Waals surface area contributed by atoms with Gasteiger partial charge in [-0.3, -0.25) is 9.59 Å². The summed E-state index contributed by atoms with van der Waals surface area (Å²) in [5.41, 5.74) is 1.07. The van der Waals surface area contributed by atoms with Crippen LogP contribution in [0.3, 0.4) is 0 Å². The summed E-state index contributed by atoms with van der Waals surface area (Å²) in [4.78, 5) is 23.1. The molecular formula is C17H22O3. The summed E-state index contributed by atoms with van der Waals surface area (Å²) in [6.07, 6.45) is 7.35. The van der Waals surface area contributed by atoms with Crippen molar-refractivity contribution in [2.75, 3.05) is 6.61 Å². The molecule has 0 radical (unpaired) electrons. The molecule has 0 heterocycles. The lowest BCUT2D eigenvalue weighted by Crippen LogP contribution is -1.99. The average Bonchev–Trinajstić information content (AvgIpc) is 2.73. The monoisotopic (exact) mass is 274 g/mol. The van der Waals surface area contributed by atoms with E-state index in [1.54, 1.807) is 18.2 Å². The van der Waals surface area contributed by atoms with Gasteiger partial charge in [-0.25, -0.2) is 0 Å². The SMILES string of the molecule is CCCCCCCCOc1ccc2c(c1)C(=O)CC2=O. The van der Waals surface area contributed by atoms with Crippen molar-refractivity contribution in [1.29, 1.82) is 0 Å². The van der Waals surface area contributed by atoms with E-state index in [0.29, 0.717) is 23.5 Å². The Bertz CT molecular complexity index is 491. The summed E-state index contributed by atoms with van der Waals surface area (Å²) in [6, 6.07) is 5.20. The van der Waals surface area contributed by atoms with Crippen LogP contribution in [-0.2, 0) is 0 Å². The van der Waals surface area contributed by atoms with Crippen LogP contribution in [0.5, 0.6) is 5.75 Å². The van der Waals surface area contributed by atoms with E-state index in [9.17, 15) is 9.59 Å². The quantitative estimate of drug-likeness (QED) is 0.527. The predicted molar refractivity (Wildman–Crippen MR) is 78.6 cm³/mol. The van der Waals surface area contributed by atoms with E-state index in [1.807, 2.05) is 0 Å². The molecule has 2 rings (SSSR count). The van der Waals surface area contributed by atoms with E-state index in [2.05, 4.69) is 6.92 Å². The highest BCUT2D eigenvalue weighted by Gasteiger charge is 2.27. The van der Waals surface area contributed by atoms with E-state index in [-0.39, 0.29) is 18.0 Å². The summed E-state index contributed by atoms with van der Waals surface area (Å²) in [7, 11) is 0. The molecule has 1 aromatic carbocycles. The first-order valence-electron chi connectivity index (χ1n) is 7.55. The van der Waals surface area contributed by atoms with Crippen LogP contribution in [0.1, 0.15) is 72.6 Å². The van der Waals surface area contributed by atoms with Gasteiger partial charge in [0.25, 0.3) is 0 Å². The molecule has 0 saturated carbocycles. The molecule has 0 aliphatic heterocycles. The maximum Gasteiger partial charge on any atom is 0.171 e. The van der Waals surface area contributed by atoms with Crippen molar-refractivity contribution < 1.29 is 14.3 Å². The molecule has 0 amide bonds. The van der Waals surface area contributed by atoms with Crippen LogP contribution in [0.25, 0.3) is 0 Å². The Morgan fingerprint density at radius 1 is 0.950 bits per heavy atom. The fraction of sp³-hybridized carbons (Fsp3) is 0.529. The number of rotatable bonds is 8. The number of benzene rings is 1. The fourth-order valence-corrected chi connectivity index (χ4v) is 2.50. The molecule has 0 aromatic heterocycles. The Morgan fingerprint density at radius 3 is 2.45 bits per heavy atom. The van der Waals surface area contributed by atoms with Crippen LogP contribution in [0, 0.1) is 0 Å². The second kappa shape index (κ2) is 7.22. The van der Waals surface area contributed by atoms with Gasteiger partial charge >= 0.3 is 0 Å². The summed E-state index contributed by atoms with van der Waals surface area (Å²) >= 11 is 0. The molecule has 3 heteroatoms. The van der Waals surface area contributed by atoms with Gasteiger partial charge in [-0.1, -0.05) is 39.0 Å². The molecule has 0 bridgehead atoms. The highest BCUT2D eigenvalue weighted by molar-refractivity contribution is 6.24. The van der Waals surface area contributed by atoms with Gasteiger partial charge < -0.3 is 4.74 Å². The van der Waals surface area contributed by atoms with Crippen molar-refractivity contribution in [3.05, 3.63) is 29.3 Å². The minimum absolute atomic E-state index is 0.0101. The zero-order chi connectivity index (χ0) is 14.4.